The molecule has 2 aromatic heterocycles. The second-order valence-corrected chi connectivity index (χ2v) is 4.26. The number of H-pyrrole nitrogens is 1. The van der Waals surface area contributed by atoms with Crippen molar-refractivity contribution in [1.29, 1.82) is 0 Å². The summed E-state index contributed by atoms with van der Waals surface area (Å²) in [5.41, 5.74) is 7.42. The number of anilines is 1. The molecular formula is C9H14N5S+. The highest BCUT2D eigenvalue weighted by Crippen LogP contribution is 2.09. The molecule has 0 aliphatic heterocycles. The van der Waals surface area contributed by atoms with Crippen molar-refractivity contribution in [3.63, 3.8) is 0 Å². The Labute approximate surface area is 92.1 Å². The zero-order valence-corrected chi connectivity index (χ0v) is 9.42. The van der Waals surface area contributed by atoms with E-state index in [4.69, 9.17) is 5.73 Å². The number of fused-ring (bicyclic) bond motifs is 1. The molecule has 15 heavy (non-hydrogen) atoms. The first kappa shape index (κ1) is 10.2. The van der Waals surface area contributed by atoms with Crippen molar-refractivity contribution in [2.75, 3.05) is 17.7 Å². The molecule has 0 bridgehead atoms. The predicted octanol–water partition coefficient (Wildman–Crippen LogP) is 0.581. The molecule has 3 N–H and O–H groups in total. The Hall–Kier alpha value is -1.30. The summed E-state index contributed by atoms with van der Waals surface area (Å²) in [5, 5.41) is 0. The lowest BCUT2D eigenvalue weighted by atomic mass is 10.4. The summed E-state index contributed by atoms with van der Waals surface area (Å²) in [6, 6.07) is 0. The molecule has 2 aromatic rings. The zero-order valence-electron chi connectivity index (χ0n) is 8.60. The van der Waals surface area contributed by atoms with Gasteiger partial charge in [0.15, 0.2) is 18.5 Å². The number of nitrogens with two attached hydrogens (primary N) is 1. The van der Waals surface area contributed by atoms with Gasteiger partial charge in [0.1, 0.15) is 0 Å². The summed E-state index contributed by atoms with van der Waals surface area (Å²) >= 11 is 1.85. The third-order valence-corrected chi connectivity index (χ3v) is 2.94. The van der Waals surface area contributed by atoms with Crippen LogP contribution in [0.15, 0.2) is 12.7 Å². The molecular weight excluding hydrogens is 210 g/mol. The maximum absolute atomic E-state index is 5.72. The Morgan fingerprint density at radius 3 is 3.20 bits per heavy atom. The van der Waals surface area contributed by atoms with Crippen LogP contribution in [0.3, 0.4) is 0 Å². The molecule has 0 fully saturated rings. The lowest BCUT2D eigenvalue weighted by molar-refractivity contribution is -0.672. The highest BCUT2D eigenvalue weighted by Gasteiger charge is 2.13. The Morgan fingerprint density at radius 2 is 2.40 bits per heavy atom. The Morgan fingerprint density at radius 1 is 1.53 bits per heavy atom. The van der Waals surface area contributed by atoms with Gasteiger partial charge in [-0.3, -0.25) is 4.98 Å². The molecule has 0 saturated carbocycles. The van der Waals surface area contributed by atoms with Crippen molar-refractivity contribution in [1.82, 2.24) is 15.0 Å². The summed E-state index contributed by atoms with van der Waals surface area (Å²) in [6.07, 6.45) is 6.63. The van der Waals surface area contributed by atoms with Crippen LogP contribution in [0.2, 0.25) is 0 Å². The van der Waals surface area contributed by atoms with Crippen molar-refractivity contribution in [2.45, 2.75) is 13.0 Å². The van der Waals surface area contributed by atoms with E-state index in [1.807, 2.05) is 18.1 Å². The number of hydrogen-bond acceptors (Lipinski definition) is 4. The molecule has 0 saturated heterocycles. The highest BCUT2D eigenvalue weighted by atomic mass is 32.2. The summed E-state index contributed by atoms with van der Waals surface area (Å²) in [5.74, 6) is 1.66. The largest absolute Gasteiger partial charge is 0.380 e. The maximum atomic E-state index is 5.72. The topological polar surface area (TPSA) is 71.5 Å². The summed E-state index contributed by atoms with van der Waals surface area (Å²) in [4.78, 5) is 11.2. The first-order chi connectivity index (χ1) is 7.33. The molecule has 2 rings (SSSR count). The molecule has 0 aliphatic carbocycles. The molecule has 0 aliphatic rings. The number of thioether (sulfide) groups is 1. The summed E-state index contributed by atoms with van der Waals surface area (Å²) in [7, 11) is 0. The first-order valence-corrected chi connectivity index (χ1v) is 6.18. The number of aryl methyl sites for hydroxylation is 1. The van der Waals surface area contributed by atoms with E-state index in [1.54, 1.807) is 0 Å². The van der Waals surface area contributed by atoms with E-state index in [-0.39, 0.29) is 0 Å². The van der Waals surface area contributed by atoms with Gasteiger partial charge in [0.25, 0.3) is 0 Å². The second kappa shape index (κ2) is 4.48. The minimum Gasteiger partial charge on any atom is -0.380 e. The maximum Gasteiger partial charge on any atom is 0.307 e. The SMILES string of the molecule is CSCCC[n+]1c[nH]c2c(N)ncnc21. The Bertz CT molecular complexity index is 453. The fourth-order valence-corrected chi connectivity index (χ4v) is 1.92. The van der Waals surface area contributed by atoms with Gasteiger partial charge in [-0.2, -0.15) is 16.7 Å². The normalized spacial score (nSPS) is 11.0. The van der Waals surface area contributed by atoms with Crippen LogP contribution in [0.4, 0.5) is 5.82 Å². The molecule has 0 atom stereocenters. The molecule has 80 valence electrons. The number of aromatic amines is 1. The highest BCUT2D eigenvalue weighted by molar-refractivity contribution is 7.98. The van der Waals surface area contributed by atoms with Gasteiger partial charge >= 0.3 is 5.65 Å². The molecule has 0 radical (unpaired) electrons. The lowest BCUT2D eigenvalue weighted by Gasteiger charge is -1.96. The smallest absolute Gasteiger partial charge is 0.307 e. The van der Waals surface area contributed by atoms with Crippen LogP contribution in [0.1, 0.15) is 6.42 Å². The van der Waals surface area contributed by atoms with Crippen LogP contribution in [-0.2, 0) is 6.54 Å². The van der Waals surface area contributed by atoms with E-state index in [9.17, 15) is 0 Å². The number of hydrogen-bond donors (Lipinski definition) is 2. The molecule has 0 spiro atoms. The molecule has 0 aromatic carbocycles. The zero-order chi connectivity index (χ0) is 10.7. The van der Waals surface area contributed by atoms with Gasteiger partial charge in [0.2, 0.25) is 5.52 Å². The van der Waals surface area contributed by atoms with Gasteiger partial charge in [-0.25, -0.2) is 4.57 Å². The Kier molecular flexibility index (Phi) is 3.05. The first-order valence-electron chi connectivity index (χ1n) is 4.79. The van der Waals surface area contributed by atoms with Crippen LogP contribution in [0, 0.1) is 0 Å². The third kappa shape index (κ3) is 2.04. The molecule has 5 nitrogen and oxygen atoms in total. The van der Waals surface area contributed by atoms with E-state index in [2.05, 4.69) is 25.8 Å². The van der Waals surface area contributed by atoms with Gasteiger partial charge in [-0.15, -0.1) is 0 Å². The van der Waals surface area contributed by atoms with Gasteiger partial charge < -0.3 is 5.73 Å². The fraction of sp³-hybridized carbons (Fsp3) is 0.444. The van der Waals surface area contributed by atoms with Crippen LogP contribution in [0.25, 0.3) is 11.2 Å². The van der Waals surface area contributed by atoms with E-state index < -0.39 is 0 Å². The van der Waals surface area contributed by atoms with Crippen molar-refractivity contribution in [2.24, 2.45) is 0 Å². The van der Waals surface area contributed by atoms with Crippen molar-refractivity contribution >= 4 is 28.7 Å². The Balaban J connectivity index is 2.25. The predicted molar refractivity (Wildman–Crippen MR) is 61.5 cm³/mol. The lowest BCUT2D eigenvalue weighted by Crippen LogP contribution is -2.32. The van der Waals surface area contributed by atoms with Crippen LogP contribution in [0.5, 0.6) is 0 Å². The van der Waals surface area contributed by atoms with Crippen molar-refractivity contribution < 1.29 is 4.57 Å². The molecule has 0 amide bonds. The number of imidazole rings is 1. The number of nitrogens with zero attached hydrogens (tertiary/aromatic N) is 3. The standard InChI is InChI=1S/C9H13N5S/c1-15-4-2-3-14-6-13-7-8(10)11-5-12-9(7)14/h5-6H,2-4H2,1H3,(H2,10,11,12)/p+1. The number of nitrogens with one attached hydrogen (secondary N) is 1. The number of nitrogen functional groups attached to an aromatic ring is 1. The molecule has 2 heterocycles. The minimum absolute atomic E-state index is 0.503. The van der Waals surface area contributed by atoms with Crippen LogP contribution < -0.4 is 10.3 Å². The van der Waals surface area contributed by atoms with E-state index in [0.717, 1.165) is 29.9 Å². The molecule has 6 heteroatoms. The fourth-order valence-electron chi connectivity index (χ4n) is 1.50. The minimum atomic E-state index is 0.503. The molecule has 0 unspecified atom stereocenters. The average molecular weight is 224 g/mol. The monoisotopic (exact) mass is 224 g/mol. The van der Waals surface area contributed by atoms with Crippen LogP contribution in [-0.4, -0.2) is 27.0 Å². The number of rotatable bonds is 4. The van der Waals surface area contributed by atoms with Crippen molar-refractivity contribution in [3.8, 4) is 0 Å². The van der Waals surface area contributed by atoms with Gasteiger partial charge in [-0.1, -0.05) is 4.98 Å². The number of aromatic nitrogens is 4. The van der Waals surface area contributed by atoms with E-state index >= 15 is 0 Å². The second-order valence-electron chi connectivity index (χ2n) is 3.27. The summed E-state index contributed by atoms with van der Waals surface area (Å²) < 4.78 is 2.07. The van der Waals surface area contributed by atoms with Gasteiger partial charge in [0.05, 0.1) is 6.54 Å². The quantitative estimate of drug-likeness (QED) is 0.588. The van der Waals surface area contributed by atoms with Crippen LogP contribution >= 0.6 is 11.8 Å². The summed E-state index contributed by atoms with van der Waals surface area (Å²) in [6.45, 7) is 0.956. The van der Waals surface area contributed by atoms with Crippen molar-refractivity contribution in [3.05, 3.63) is 12.7 Å². The van der Waals surface area contributed by atoms with Gasteiger partial charge in [0, 0.05) is 0 Å². The van der Waals surface area contributed by atoms with E-state index in [0.29, 0.717) is 5.82 Å². The average Bonchev–Trinajstić information content (AvgIpc) is 2.64. The van der Waals surface area contributed by atoms with Gasteiger partial charge in [-0.05, 0) is 18.4 Å². The van der Waals surface area contributed by atoms with E-state index in [1.165, 1.54) is 6.33 Å². The third-order valence-electron chi connectivity index (χ3n) is 2.24.